The first-order valence-electron chi connectivity index (χ1n) is 8.15. The molecule has 0 spiro atoms. The molecule has 0 saturated heterocycles. The van der Waals surface area contributed by atoms with Crippen molar-refractivity contribution in [2.75, 3.05) is 6.54 Å². The maximum Gasteiger partial charge on any atom is 0.240 e. The second kappa shape index (κ2) is 7.99. The Labute approximate surface area is 158 Å². The average Bonchev–Trinajstić information content (AvgIpc) is 2.70. The lowest BCUT2D eigenvalue weighted by Gasteiger charge is -2.19. The normalized spacial score (nSPS) is 13.2. The maximum atomic E-state index is 13.1. The van der Waals surface area contributed by atoms with E-state index in [1.54, 1.807) is 48.5 Å². The lowest BCUT2D eigenvalue weighted by molar-refractivity contribution is 0.568. The molecule has 0 aliphatic rings. The highest BCUT2D eigenvalue weighted by Crippen LogP contribution is 2.28. The van der Waals surface area contributed by atoms with E-state index in [0.717, 1.165) is 0 Å². The molecule has 0 fully saturated rings. The number of nitrogens with one attached hydrogen (secondary N) is 1. The molecule has 0 unspecified atom stereocenters. The Balaban J connectivity index is 1.95. The molecule has 3 aromatic rings. The number of rotatable bonds is 7. The van der Waals surface area contributed by atoms with Gasteiger partial charge in [0.05, 0.1) is 9.79 Å². The van der Waals surface area contributed by atoms with Crippen molar-refractivity contribution in [1.82, 2.24) is 9.71 Å². The fourth-order valence-corrected chi connectivity index (χ4v) is 5.46. The van der Waals surface area contributed by atoms with Gasteiger partial charge in [-0.1, -0.05) is 42.5 Å². The second-order valence-electron chi connectivity index (χ2n) is 5.80. The summed E-state index contributed by atoms with van der Waals surface area (Å²) < 4.78 is 53.7. The molecule has 0 saturated carbocycles. The van der Waals surface area contributed by atoms with Crippen molar-refractivity contribution >= 4 is 19.9 Å². The molecule has 1 aromatic heterocycles. The van der Waals surface area contributed by atoms with Crippen LogP contribution < -0.4 is 4.72 Å². The molecular weight excluding hydrogens is 384 g/mol. The van der Waals surface area contributed by atoms with Crippen LogP contribution in [0, 0.1) is 0 Å². The Morgan fingerprint density at radius 3 is 1.93 bits per heavy atom. The lowest BCUT2D eigenvalue weighted by Crippen LogP contribution is -2.32. The van der Waals surface area contributed by atoms with E-state index < -0.39 is 25.1 Å². The molecule has 140 valence electrons. The number of aromatic nitrogens is 1. The SMILES string of the molecule is O=S(=O)(NC[C@@H](c1cccnc1)S(=O)(=O)c1ccccc1)c1ccccc1. The third-order valence-corrected chi connectivity index (χ3v) is 7.57. The van der Waals surface area contributed by atoms with Gasteiger partial charge in [0.25, 0.3) is 0 Å². The van der Waals surface area contributed by atoms with Crippen molar-refractivity contribution in [2.45, 2.75) is 15.0 Å². The largest absolute Gasteiger partial charge is 0.264 e. The number of hydrogen-bond acceptors (Lipinski definition) is 5. The summed E-state index contributed by atoms with van der Waals surface area (Å²) >= 11 is 0. The van der Waals surface area contributed by atoms with Gasteiger partial charge in [0, 0.05) is 18.9 Å². The Morgan fingerprint density at radius 1 is 0.778 bits per heavy atom. The van der Waals surface area contributed by atoms with E-state index in [0.29, 0.717) is 5.56 Å². The maximum absolute atomic E-state index is 13.1. The van der Waals surface area contributed by atoms with Gasteiger partial charge in [-0.15, -0.1) is 0 Å². The Hall–Kier alpha value is -2.55. The smallest absolute Gasteiger partial charge is 0.240 e. The van der Waals surface area contributed by atoms with Crippen molar-refractivity contribution in [3.8, 4) is 0 Å². The third-order valence-electron chi connectivity index (χ3n) is 4.01. The second-order valence-corrected chi connectivity index (χ2v) is 9.70. The summed E-state index contributed by atoms with van der Waals surface area (Å²) in [5.74, 6) is 0. The van der Waals surface area contributed by atoms with Gasteiger partial charge in [-0.05, 0) is 35.9 Å². The van der Waals surface area contributed by atoms with Gasteiger partial charge in [-0.2, -0.15) is 0 Å². The predicted molar refractivity (Wildman–Crippen MR) is 102 cm³/mol. The minimum Gasteiger partial charge on any atom is -0.264 e. The first kappa shape index (κ1) is 19.2. The molecule has 2 aromatic carbocycles. The van der Waals surface area contributed by atoms with E-state index in [-0.39, 0.29) is 16.3 Å². The first-order valence-corrected chi connectivity index (χ1v) is 11.2. The van der Waals surface area contributed by atoms with Crippen molar-refractivity contribution in [1.29, 1.82) is 0 Å². The average molecular weight is 402 g/mol. The fourth-order valence-electron chi connectivity index (χ4n) is 2.62. The van der Waals surface area contributed by atoms with Crippen LogP contribution in [0.1, 0.15) is 10.8 Å². The van der Waals surface area contributed by atoms with Gasteiger partial charge < -0.3 is 0 Å². The van der Waals surface area contributed by atoms with E-state index in [2.05, 4.69) is 9.71 Å². The van der Waals surface area contributed by atoms with Gasteiger partial charge in [-0.3, -0.25) is 4.98 Å². The quantitative estimate of drug-likeness (QED) is 0.656. The van der Waals surface area contributed by atoms with Crippen LogP contribution in [0.25, 0.3) is 0 Å². The Bertz CT molecular complexity index is 1090. The van der Waals surface area contributed by atoms with Crippen LogP contribution in [0.3, 0.4) is 0 Å². The third kappa shape index (κ3) is 4.41. The number of sulfone groups is 1. The van der Waals surface area contributed by atoms with Crippen LogP contribution in [0.2, 0.25) is 0 Å². The summed E-state index contributed by atoms with van der Waals surface area (Å²) in [6, 6.07) is 19.0. The molecular formula is C19H18N2O4S2. The highest BCUT2D eigenvalue weighted by atomic mass is 32.2. The lowest BCUT2D eigenvalue weighted by atomic mass is 10.2. The van der Waals surface area contributed by atoms with E-state index >= 15 is 0 Å². The Morgan fingerprint density at radius 2 is 1.37 bits per heavy atom. The minimum atomic E-state index is -3.84. The monoisotopic (exact) mass is 402 g/mol. The van der Waals surface area contributed by atoms with E-state index in [4.69, 9.17) is 0 Å². The molecule has 27 heavy (non-hydrogen) atoms. The summed E-state index contributed by atoms with van der Waals surface area (Å²) in [6.07, 6.45) is 2.96. The summed E-state index contributed by atoms with van der Waals surface area (Å²) in [5, 5.41) is -1.10. The predicted octanol–water partition coefficient (Wildman–Crippen LogP) is 2.58. The standard InChI is InChI=1S/C19H18N2O4S2/c22-26(23,17-9-3-1-4-10-17)19(16-8-7-13-20-14-16)15-21-27(24,25)18-11-5-2-6-12-18/h1-14,19,21H,15H2/t19-/m0/s1. The highest BCUT2D eigenvalue weighted by Gasteiger charge is 2.30. The molecule has 8 heteroatoms. The van der Waals surface area contributed by atoms with Crippen molar-refractivity contribution < 1.29 is 16.8 Å². The van der Waals surface area contributed by atoms with Crippen LogP contribution in [0.4, 0.5) is 0 Å². The van der Waals surface area contributed by atoms with Crippen molar-refractivity contribution in [3.63, 3.8) is 0 Å². The van der Waals surface area contributed by atoms with Crippen molar-refractivity contribution in [3.05, 3.63) is 90.8 Å². The highest BCUT2D eigenvalue weighted by molar-refractivity contribution is 7.92. The number of pyridine rings is 1. The summed E-state index contributed by atoms with van der Waals surface area (Å²) in [6.45, 7) is -0.305. The van der Waals surface area contributed by atoms with Gasteiger partial charge in [0.1, 0.15) is 5.25 Å². The zero-order valence-corrected chi connectivity index (χ0v) is 15.9. The van der Waals surface area contributed by atoms with Crippen molar-refractivity contribution in [2.24, 2.45) is 0 Å². The molecule has 1 heterocycles. The van der Waals surface area contributed by atoms with Gasteiger partial charge in [0.2, 0.25) is 10.0 Å². The van der Waals surface area contributed by atoms with E-state index in [9.17, 15) is 16.8 Å². The van der Waals surface area contributed by atoms with Crippen LogP contribution in [-0.2, 0) is 19.9 Å². The van der Waals surface area contributed by atoms with Crippen LogP contribution in [0.15, 0.2) is 95.0 Å². The van der Waals surface area contributed by atoms with E-state index in [1.807, 2.05) is 0 Å². The number of hydrogen-bond donors (Lipinski definition) is 1. The molecule has 0 aliphatic carbocycles. The number of benzene rings is 2. The Kier molecular flexibility index (Phi) is 5.69. The molecule has 0 aliphatic heterocycles. The molecule has 1 atom stereocenters. The molecule has 1 N–H and O–H groups in total. The first-order chi connectivity index (χ1) is 12.9. The fraction of sp³-hybridized carbons (Fsp3) is 0.105. The van der Waals surface area contributed by atoms with Crippen LogP contribution in [0.5, 0.6) is 0 Å². The molecule has 0 radical (unpaired) electrons. The van der Waals surface area contributed by atoms with Gasteiger partial charge in [-0.25, -0.2) is 21.6 Å². The van der Waals surface area contributed by atoms with Gasteiger partial charge in [0.15, 0.2) is 9.84 Å². The summed E-state index contributed by atoms with van der Waals surface area (Å²) in [7, 11) is -7.67. The minimum absolute atomic E-state index is 0.0760. The summed E-state index contributed by atoms with van der Waals surface area (Å²) in [5.41, 5.74) is 0.414. The molecule has 0 bridgehead atoms. The number of sulfonamides is 1. The van der Waals surface area contributed by atoms with Crippen LogP contribution in [-0.4, -0.2) is 28.4 Å². The number of nitrogens with zero attached hydrogens (tertiary/aromatic N) is 1. The molecule has 0 amide bonds. The molecule has 3 rings (SSSR count). The zero-order chi connectivity index (χ0) is 19.3. The summed E-state index contributed by atoms with van der Waals surface area (Å²) in [4.78, 5) is 4.17. The molecule has 6 nitrogen and oxygen atoms in total. The zero-order valence-electron chi connectivity index (χ0n) is 14.3. The van der Waals surface area contributed by atoms with Crippen LogP contribution >= 0.6 is 0 Å². The van der Waals surface area contributed by atoms with Gasteiger partial charge >= 0.3 is 0 Å². The topological polar surface area (TPSA) is 93.2 Å². The van der Waals surface area contributed by atoms with E-state index in [1.165, 1.54) is 36.7 Å².